The lowest BCUT2D eigenvalue weighted by Crippen LogP contribution is -2.46. The Labute approximate surface area is 142 Å². The normalized spacial score (nSPS) is 17.3. The van der Waals surface area contributed by atoms with Crippen molar-refractivity contribution in [2.45, 2.75) is 39.2 Å². The molecular formula is C16H18F3N5O. The molecule has 1 aliphatic rings. The number of aryl methyl sites for hydroxylation is 1. The summed E-state index contributed by atoms with van der Waals surface area (Å²) in [4.78, 5) is 14.0. The molecule has 25 heavy (non-hydrogen) atoms. The van der Waals surface area contributed by atoms with Gasteiger partial charge < -0.3 is 14.8 Å². The first-order valence-electron chi connectivity index (χ1n) is 7.88. The van der Waals surface area contributed by atoms with Crippen LogP contribution in [-0.2, 0) is 19.3 Å². The summed E-state index contributed by atoms with van der Waals surface area (Å²) in [6.45, 7) is 4.48. The van der Waals surface area contributed by atoms with E-state index < -0.39 is 17.8 Å². The molecule has 9 heteroatoms. The molecule has 1 aliphatic heterocycles. The van der Waals surface area contributed by atoms with E-state index in [0.29, 0.717) is 18.9 Å². The third-order valence-electron chi connectivity index (χ3n) is 4.38. The number of amides is 2. The number of benzene rings is 1. The summed E-state index contributed by atoms with van der Waals surface area (Å²) in [5.41, 5.74) is -0.704. The molecule has 0 bridgehead atoms. The second-order valence-corrected chi connectivity index (χ2v) is 5.94. The number of nitrogens with one attached hydrogen (secondary N) is 1. The van der Waals surface area contributed by atoms with E-state index in [-0.39, 0.29) is 18.2 Å². The van der Waals surface area contributed by atoms with Gasteiger partial charge in [-0.3, -0.25) is 0 Å². The maximum Gasteiger partial charge on any atom is 0.416 e. The van der Waals surface area contributed by atoms with Crippen LogP contribution in [0, 0.1) is 6.92 Å². The van der Waals surface area contributed by atoms with Crippen LogP contribution in [0.15, 0.2) is 24.3 Å². The van der Waals surface area contributed by atoms with Crippen LogP contribution >= 0.6 is 0 Å². The average Bonchev–Trinajstić information content (AvgIpc) is 2.94. The van der Waals surface area contributed by atoms with Gasteiger partial charge in [0.15, 0.2) is 5.82 Å². The Morgan fingerprint density at radius 3 is 2.72 bits per heavy atom. The van der Waals surface area contributed by atoms with Gasteiger partial charge in [-0.25, -0.2) is 4.79 Å². The number of rotatable bonds is 2. The summed E-state index contributed by atoms with van der Waals surface area (Å²) >= 11 is 0. The van der Waals surface area contributed by atoms with Crippen molar-refractivity contribution >= 4 is 6.03 Å². The van der Waals surface area contributed by atoms with Crippen LogP contribution in [0.2, 0.25) is 0 Å². The molecule has 1 unspecified atom stereocenters. The lowest BCUT2D eigenvalue weighted by molar-refractivity contribution is -0.138. The molecular weight excluding hydrogens is 335 g/mol. The molecule has 0 saturated carbocycles. The van der Waals surface area contributed by atoms with Gasteiger partial charge in [-0.05, 0) is 25.5 Å². The van der Waals surface area contributed by atoms with Crippen LogP contribution in [0.5, 0.6) is 0 Å². The first-order valence-corrected chi connectivity index (χ1v) is 7.88. The smallest absolute Gasteiger partial charge is 0.334 e. The standard InChI is InChI=1S/C16H18F3N5O/c1-10-14-22-21-11(2)24(14)8-7-23(10)15(25)20-9-12-5-3-4-6-13(12)16(17,18)19/h3-6,10H,7-9H2,1-2H3,(H,20,25). The number of carbonyl (C=O) groups is 1. The number of urea groups is 1. The number of aromatic nitrogens is 3. The van der Waals surface area contributed by atoms with Crippen LogP contribution in [0.4, 0.5) is 18.0 Å². The minimum atomic E-state index is -4.45. The molecule has 1 aromatic carbocycles. The molecule has 134 valence electrons. The van der Waals surface area contributed by atoms with Gasteiger partial charge in [0.1, 0.15) is 5.82 Å². The number of fused-ring (bicyclic) bond motifs is 1. The quantitative estimate of drug-likeness (QED) is 0.903. The fourth-order valence-electron chi connectivity index (χ4n) is 3.02. The summed E-state index contributed by atoms with van der Waals surface area (Å²) in [6.07, 6.45) is -4.45. The Morgan fingerprint density at radius 2 is 2.00 bits per heavy atom. The van der Waals surface area contributed by atoms with Gasteiger partial charge in [0.2, 0.25) is 0 Å². The number of alkyl halides is 3. The molecule has 0 saturated heterocycles. The van der Waals surface area contributed by atoms with Crippen molar-refractivity contribution in [2.24, 2.45) is 0 Å². The molecule has 0 fully saturated rings. The molecule has 0 aliphatic carbocycles. The molecule has 1 atom stereocenters. The van der Waals surface area contributed by atoms with Gasteiger partial charge in [0.25, 0.3) is 0 Å². The van der Waals surface area contributed by atoms with Crippen molar-refractivity contribution in [3.05, 3.63) is 47.0 Å². The SMILES string of the molecule is Cc1nnc2n1CCN(C(=O)NCc1ccccc1C(F)(F)F)C2C. The van der Waals surface area contributed by atoms with Crippen molar-refractivity contribution in [1.29, 1.82) is 0 Å². The third kappa shape index (κ3) is 3.31. The van der Waals surface area contributed by atoms with E-state index in [2.05, 4.69) is 15.5 Å². The maximum absolute atomic E-state index is 13.0. The zero-order valence-electron chi connectivity index (χ0n) is 13.8. The second-order valence-electron chi connectivity index (χ2n) is 5.94. The Morgan fingerprint density at radius 1 is 1.28 bits per heavy atom. The zero-order chi connectivity index (χ0) is 18.2. The topological polar surface area (TPSA) is 63.1 Å². The summed E-state index contributed by atoms with van der Waals surface area (Å²) in [5, 5.41) is 10.7. The van der Waals surface area contributed by atoms with Crippen LogP contribution in [0.3, 0.4) is 0 Å². The highest BCUT2D eigenvalue weighted by molar-refractivity contribution is 5.74. The fraction of sp³-hybridized carbons (Fsp3) is 0.438. The predicted octanol–water partition coefficient (Wildman–Crippen LogP) is 2.89. The van der Waals surface area contributed by atoms with Crippen LogP contribution in [0.1, 0.15) is 35.7 Å². The molecule has 1 aromatic heterocycles. The minimum Gasteiger partial charge on any atom is -0.334 e. The van der Waals surface area contributed by atoms with Gasteiger partial charge in [-0.2, -0.15) is 13.2 Å². The fourth-order valence-corrected chi connectivity index (χ4v) is 3.02. The first-order chi connectivity index (χ1) is 11.8. The van der Waals surface area contributed by atoms with Gasteiger partial charge in [-0.1, -0.05) is 18.2 Å². The van der Waals surface area contributed by atoms with E-state index in [1.165, 1.54) is 18.2 Å². The number of halogens is 3. The average molecular weight is 353 g/mol. The van der Waals surface area contributed by atoms with E-state index in [4.69, 9.17) is 0 Å². The summed E-state index contributed by atoms with van der Waals surface area (Å²) in [7, 11) is 0. The first kappa shape index (κ1) is 17.2. The molecule has 0 spiro atoms. The van der Waals surface area contributed by atoms with Crippen molar-refractivity contribution < 1.29 is 18.0 Å². The number of nitrogens with zero attached hydrogens (tertiary/aromatic N) is 4. The Hall–Kier alpha value is -2.58. The van der Waals surface area contributed by atoms with E-state index in [1.54, 1.807) is 4.90 Å². The number of carbonyl (C=O) groups excluding carboxylic acids is 1. The Balaban J connectivity index is 1.70. The zero-order valence-corrected chi connectivity index (χ0v) is 13.8. The van der Waals surface area contributed by atoms with Crippen molar-refractivity contribution in [3.63, 3.8) is 0 Å². The lowest BCUT2D eigenvalue weighted by Gasteiger charge is -2.33. The predicted molar refractivity (Wildman–Crippen MR) is 83.6 cm³/mol. The molecule has 1 N–H and O–H groups in total. The largest absolute Gasteiger partial charge is 0.416 e. The van der Waals surface area contributed by atoms with Gasteiger partial charge >= 0.3 is 12.2 Å². The van der Waals surface area contributed by atoms with Crippen molar-refractivity contribution in [2.75, 3.05) is 6.54 Å². The van der Waals surface area contributed by atoms with Gasteiger partial charge in [0, 0.05) is 19.6 Å². The molecule has 2 amide bonds. The molecule has 0 radical (unpaired) electrons. The van der Waals surface area contributed by atoms with Crippen LogP contribution in [-0.4, -0.2) is 32.2 Å². The number of hydrogen-bond donors (Lipinski definition) is 1. The highest BCUT2D eigenvalue weighted by Crippen LogP contribution is 2.32. The van der Waals surface area contributed by atoms with Crippen LogP contribution in [0.25, 0.3) is 0 Å². The highest BCUT2D eigenvalue weighted by Gasteiger charge is 2.34. The Bertz CT molecular complexity index is 786. The van der Waals surface area contributed by atoms with E-state index >= 15 is 0 Å². The molecule has 3 rings (SSSR count). The highest BCUT2D eigenvalue weighted by atomic mass is 19.4. The molecule has 2 aromatic rings. The second kappa shape index (κ2) is 6.38. The minimum absolute atomic E-state index is 0.0343. The molecule has 6 nitrogen and oxygen atoms in total. The van der Waals surface area contributed by atoms with Crippen molar-refractivity contribution in [3.8, 4) is 0 Å². The van der Waals surface area contributed by atoms with Gasteiger partial charge in [0.05, 0.1) is 11.6 Å². The maximum atomic E-state index is 13.0. The third-order valence-corrected chi connectivity index (χ3v) is 4.38. The van der Waals surface area contributed by atoms with E-state index in [9.17, 15) is 18.0 Å². The van der Waals surface area contributed by atoms with Gasteiger partial charge in [-0.15, -0.1) is 10.2 Å². The van der Waals surface area contributed by atoms with Crippen molar-refractivity contribution in [1.82, 2.24) is 25.0 Å². The number of hydrogen-bond acceptors (Lipinski definition) is 3. The molecule has 2 heterocycles. The lowest BCUT2D eigenvalue weighted by atomic mass is 10.1. The van der Waals surface area contributed by atoms with E-state index in [0.717, 1.165) is 11.9 Å². The monoisotopic (exact) mass is 353 g/mol. The van der Waals surface area contributed by atoms with E-state index in [1.807, 2.05) is 18.4 Å². The summed E-state index contributed by atoms with van der Waals surface area (Å²) < 4.78 is 41.0. The Kier molecular flexibility index (Phi) is 4.40. The summed E-state index contributed by atoms with van der Waals surface area (Å²) in [5.74, 6) is 1.45. The van der Waals surface area contributed by atoms with Crippen LogP contribution < -0.4 is 5.32 Å². The summed E-state index contributed by atoms with van der Waals surface area (Å²) in [6, 6.07) is 4.50.